The van der Waals surface area contributed by atoms with Gasteiger partial charge in [-0.3, -0.25) is 4.90 Å². The molecule has 1 aromatic rings. The minimum absolute atomic E-state index is 0.363. The molecule has 0 saturated carbocycles. The zero-order chi connectivity index (χ0) is 15.5. The Bertz CT molecular complexity index is 564. The molecular weight excluding hydrogens is 286 g/mol. The van der Waals surface area contributed by atoms with Gasteiger partial charge in [0.2, 0.25) is 10.0 Å². The Kier molecular flexibility index (Phi) is 5.37. The molecular formula is C15H25N3O2S. The Morgan fingerprint density at radius 2 is 1.95 bits per heavy atom. The summed E-state index contributed by atoms with van der Waals surface area (Å²) < 4.78 is 25.6. The van der Waals surface area contributed by atoms with Gasteiger partial charge in [0.05, 0.1) is 4.90 Å². The molecule has 1 heterocycles. The van der Waals surface area contributed by atoms with Crippen molar-refractivity contribution in [2.75, 3.05) is 33.7 Å². The van der Waals surface area contributed by atoms with Crippen molar-refractivity contribution in [1.82, 2.24) is 9.21 Å². The molecule has 6 heteroatoms. The molecule has 0 unspecified atom stereocenters. The first-order valence-electron chi connectivity index (χ1n) is 7.37. The van der Waals surface area contributed by atoms with E-state index in [1.165, 1.54) is 4.31 Å². The van der Waals surface area contributed by atoms with E-state index in [0.29, 0.717) is 10.8 Å². The summed E-state index contributed by atoms with van der Waals surface area (Å²) in [6.45, 7) is 3.64. The lowest BCUT2D eigenvalue weighted by molar-refractivity contribution is 0.180. The van der Waals surface area contributed by atoms with Crippen molar-refractivity contribution in [3.63, 3.8) is 0 Å². The Morgan fingerprint density at radius 1 is 1.29 bits per heavy atom. The molecule has 1 fully saturated rings. The van der Waals surface area contributed by atoms with Gasteiger partial charge in [-0.25, -0.2) is 12.7 Å². The Morgan fingerprint density at radius 3 is 2.52 bits per heavy atom. The number of piperidine rings is 1. The highest BCUT2D eigenvalue weighted by molar-refractivity contribution is 7.89. The van der Waals surface area contributed by atoms with Crippen LogP contribution in [0.15, 0.2) is 29.2 Å². The smallest absolute Gasteiger partial charge is 0.242 e. The Hall–Kier alpha value is -0.950. The van der Waals surface area contributed by atoms with Crippen molar-refractivity contribution in [1.29, 1.82) is 0 Å². The fraction of sp³-hybridized carbons (Fsp3) is 0.600. The summed E-state index contributed by atoms with van der Waals surface area (Å²) in [5.41, 5.74) is 6.75. The van der Waals surface area contributed by atoms with E-state index in [-0.39, 0.29) is 0 Å². The monoisotopic (exact) mass is 311 g/mol. The predicted octanol–water partition coefficient (Wildman–Crippen LogP) is 1.11. The third-order valence-electron chi connectivity index (χ3n) is 4.12. The summed E-state index contributed by atoms with van der Waals surface area (Å²) in [6.07, 6.45) is 2.26. The van der Waals surface area contributed by atoms with Crippen LogP contribution in [0.25, 0.3) is 0 Å². The third kappa shape index (κ3) is 4.03. The van der Waals surface area contributed by atoms with Crippen LogP contribution < -0.4 is 5.73 Å². The summed E-state index contributed by atoms with van der Waals surface area (Å²) in [7, 11) is -0.244. The van der Waals surface area contributed by atoms with Crippen LogP contribution in [-0.4, -0.2) is 51.4 Å². The Balaban J connectivity index is 2.06. The van der Waals surface area contributed by atoms with Crippen LogP contribution in [0.2, 0.25) is 0 Å². The number of hydrogen-bond donors (Lipinski definition) is 1. The SMILES string of the molecule is CN(C)S(=O)(=O)c1cccc(CN2CCC(CN)CC2)c1. The number of likely N-dealkylation sites (tertiary alicyclic amines) is 1. The Labute approximate surface area is 127 Å². The number of sulfonamides is 1. The molecule has 0 aromatic heterocycles. The maximum atomic E-state index is 12.2. The molecule has 1 aliphatic rings. The molecule has 1 aromatic carbocycles. The van der Waals surface area contributed by atoms with Crippen molar-refractivity contribution >= 4 is 10.0 Å². The third-order valence-corrected chi connectivity index (χ3v) is 5.93. The average Bonchev–Trinajstić information content (AvgIpc) is 2.48. The van der Waals surface area contributed by atoms with Gasteiger partial charge in [0, 0.05) is 20.6 Å². The van der Waals surface area contributed by atoms with Gasteiger partial charge in [-0.15, -0.1) is 0 Å². The molecule has 2 N–H and O–H groups in total. The lowest BCUT2D eigenvalue weighted by Crippen LogP contribution is -2.35. The molecule has 1 aliphatic heterocycles. The highest BCUT2D eigenvalue weighted by atomic mass is 32.2. The second-order valence-electron chi connectivity index (χ2n) is 5.89. The summed E-state index contributed by atoms with van der Waals surface area (Å²) in [4.78, 5) is 2.73. The summed E-state index contributed by atoms with van der Waals surface area (Å²) in [5, 5.41) is 0. The molecule has 0 radical (unpaired) electrons. The highest BCUT2D eigenvalue weighted by Crippen LogP contribution is 2.20. The second-order valence-corrected chi connectivity index (χ2v) is 8.04. The van der Waals surface area contributed by atoms with E-state index in [1.54, 1.807) is 26.2 Å². The molecule has 118 valence electrons. The van der Waals surface area contributed by atoms with E-state index in [9.17, 15) is 8.42 Å². The van der Waals surface area contributed by atoms with E-state index >= 15 is 0 Å². The van der Waals surface area contributed by atoms with Gasteiger partial charge >= 0.3 is 0 Å². The molecule has 0 aliphatic carbocycles. The standard InChI is InChI=1S/C15H25N3O2S/c1-17(2)21(19,20)15-5-3-4-14(10-15)12-18-8-6-13(11-16)7-9-18/h3-5,10,13H,6-9,11-12,16H2,1-2H3. The lowest BCUT2D eigenvalue weighted by atomic mass is 9.97. The van der Waals surface area contributed by atoms with Crippen molar-refractivity contribution in [3.05, 3.63) is 29.8 Å². The molecule has 5 nitrogen and oxygen atoms in total. The van der Waals surface area contributed by atoms with Crippen LogP contribution in [0.3, 0.4) is 0 Å². The van der Waals surface area contributed by atoms with Crippen LogP contribution in [0.4, 0.5) is 0 Å². The zero-order valence-corrected chi connectivity index (χ0v) is 13.6. The molecule has 21 heavy (non-hydrogen) atoms. The topological polar surface area (TPSA) is 66.6 Å². The quantitative estimate of drug-likeness (QED) is 0.884. The lowest BCUT2D eigenvalue weighted by Gasteiger charge is -2.31. The minimum atomic E-state index is -3.35. The number of benzene rings is 1. The van der Waals surface area contributed by atoms with Gasteiger partial charge in [0.15, 0.2) is 0 Å². The van der Waals surface area contributed by atoms with Gasteiger partial charge < -0.3 is 5.73 Å². The maximum absolute atomic E-state index is 12.2. The van der Waals surface area contributed by atoms with Crippen LogP contribution in [0.5, 0.6) is 0 Å². The summed E-state index contributed by atoms with van der Waals surface area (Å²) in [5.74, 6) is 0.640. The molecule has 0 spiro atoms. The van der Waals surface area contributed by atoms with E-state index in [4.69, 9.17) is 5.73 Å². The maximum Gasteiger partial charge on any atom is 0.242 e. The summed E-state index contributed by atoms with van der Waals surface area (Å²) in [6, 6.07) is 7.24. The van der Waals surface area contributed by atoms with Crippen molar-refractivity contribution in [3.8, 4) is 0 Å². The van der Waals surface area contributed by atoms with Crippen LogP contribution in [0.1, 0.15) is 18.4 Å². The molecule has 0 amide bonds. The number of hydrogen-bond acceptors (Lipinski definition) is 4. The zero-order valence-electron chi connectivity index (χ0n) is 12.8. The first-order valence-corrected chi connectivity index (χ1v) is 8.81. The first kappa shape index (κ1) is 16.4. The average molecular weight is 311 g/mol. The van der Waals surface area contributed by atoms with Gasteiger partial charge in [-0.1, -0.05) is 12.1 Å². The van der Waals surface area contributed by atoms with Gasteiger partial charge in [-0.2, -0.15) is 0 Å². The number of nitrogens with two attached hydrogens (primary N) is 1. The van der Waals surface area contributed by atoms with Crippen molar-refractivity contribution in [2.45, 2.75) is 24.3 Å². The number of rotatable bonds is 5. The highest BCUT2D eigenvalue weighted by Gasteiger charge is 2.20. The predicted molar refractivity (Wildman–Crippen MR) is 84.4 cm³/mol. The second kappa shape index (κ2) is 6.87. The summed E-state index contributed by atoms with van der Waals surface area (Å²) >= 11 is 0. The molecule has 0 bridgehead atoms. The number of nitrogens with zero attached hydrogens (tertiary/aromatic N) is 2. The van der Waals surface area contributed by atoms with Gasteiger partial charge in [-0.05, 0) is 56.1 Å². The molecule has 1 saturated heterocycles. The van der Waals surface area contributed by atoms with Crippen molar-refractivity contribution < 1.29 is 8.42 Å². The first-order chi connectivity index (χ1) is 9.93. The van der Waals surface area contributed by atoms with Crippen LogP contribution >= 0.6 is 0 Å². The fourth-order valence-corrected chi connectivity index (χ4v) is 3.63. The van der Waals surface area contributed by atoms with Crippen LogP contribution in [-0.2, 0) is 16.6 Å². The van der Waals surface area contributed by atoms with Gasteiger partial charge in [0.25, 0.3) is 0 Å². The minimum Gasteiger partial charge on any atom is -0.330 e. The fourth-order valence-electron chi connectivity index (χ4n) is 2.65. The van der Waals surface area contributed by atoms with E-state index in [1.807, 2.05) is 12.1 Å². The van der Waals surface area contributed by atoms with Crippen molar-refractivity contribution in [2.24, 2.45) is 11.7 Å². The van der Waals surface area contributed by atoms with E-state index in [2.05, 4.69) is 4.90 Å². The molecule has 0 atom stereocenters. The largest absolute Gasteiger partial charge is 0.330 e. The van der Waals surface area contributed by atoms with Crippen LogP contribution in [0, 0.1) is 5.92 Å². The van der Waals surface area contributed by atoms with E-state index < -0.39 is 10.0 Å². The van der Waals surface area contributed by atoms with Gasteiger partial charge in [0.1, 0.15) is 0 Å². The normalized spacial score (nSPS) is 18.3. The van der Waals surface area contributed by atoms with E-state index in [0.717, 1.165) is 44.6 Å². The molecule has 2 rings (SSSR count).